The van der Waals surface area contributed by atoms with E-state index in [1.165, 1.54) is 57.8 Å². The predicted octanol–water partition coefficient (Wildman–Crippen LogP) is 18.7. The van der Waals surface area contributed by atoms with Gasteiger partial charge in [0, 0.05) is 19.3 Å². The SMILES string of the molecule is CCCCCCCCCCC[C@H](CC(=O)N[C@H]1[C@H](OC[C@H](NC(=O)C[C@@H](CCCCCCCCCCC)OC(=O)CCCCCCCCC)C(N)=O)O[C@H](CO)[C@@H](OP(=O)(O)O)[C@@H]1OC(=O)C[C@@H](CCCCCCCCCCC)OC(=O)CCCCCCCCC)OC(=O)CCCCCCCCC. The largest absolute Gasteiger partial charge is 0.470 e. The number of carbonyl (C=O) groups is 7. The minimum Gasteiger partial charge on any atom is -0.462 e. The Morgan fingerprint density at radius 2 is 0.709 bits per heavy atom. The molecular formula is C81H152N3O18P. The van der Waals surface area contributed by atoms with Crippen LogP contribution >= 0.6 is 7.82 Å². The molecule has 0 spiro atoms. The second-order valence-electron chi connectivity index (χ2n) is 29.6. The Morgan fingerprint density at radius 1 is 0.408 bits per heavy atom. The standard InChI is InChI=1S/C81H152N3O18P/c1-7-13-19-25-31-34-40-43-49-55-66(97-73(88)58-52-46-37-28-22-16-10-4)61-71(86)83-69(80(82)92)65-96-81-77(84-72(87)62-67(56-50-44-41-35-32-26-20-14-8-2)98-74(89)59-53-47-38-29-23-17-11-5)79(78(70(64-85)100-81)102-103(93,94)95)101-76(91)63-68(57-51-45-42-36-33-27-21-15-9-3)99-75(90)60-54-48-39-30-24-18-12-6/h66-70,77-79,81,85H,7-65H2,1-6H3,(H2,82,92)(H,83,86)(H,84,87)(H2,93,94,95)/t66-,67-,68-,69+,70-,77-,78-,79-,81-/m1/s1. The Labute approximate surface area is 624 Å². The second-order valence-corrected chi connectivity index (χ2v) is 30.8. The van der Waals surface area contributed by atoms with Crippen molar-refractivity contribution in [1.29, 1.82) is 0 Å². The summed E-state index contributed by atoms with van der Waals surface area (Å²) < 4.78 is 55.1. The van der Waals surface area contributed by atoms with Crippen molar-refractivity contribution in [2.24, 2.45) is 5.73 Å². The highest BCUT2D eigenvalue weighted by molar-refractivity contribution is 7.46. The molecule has 0 aromatic heterocycles. The normalized spacial score (nSPS) is 17.3. The van der Waals surface area contributed by atoms with Crippen molar-refractivity contribution in [2.45, 2.75) is 463 Å². The summed E-state index contributed by atoms with van der Waals surface area (Å²) >= 11 is 0. The molecule has 0 bridgehead atoms. The highest BCUT2D eigenvalue weighted by Crippen LogP contribution is 2.42. The highest BCUT2D eigenvalue weighted by atomic mass is 31.2. The third-order valence-corrected chi connectivity index (χ3v) is 20.3. The van der Waals surface area contributed by atoms with E-state index >= 15 is 0 Å². The average molecular weight is 1490 g/mol. The van der Waals surface area contributed by atoms with Gasteiger partial charge in [-0.25, -0.2) is 4.57 Å². The molecule has 103 heavy (non-hydrogen) atoms. The van der Waals surface area contributed by atoms with Crippen LogP contribution in [0.1, 0.15) is 408 Å². The molecule has 0 unspecified atom stereocenters. The molecule has 1 heterocycles. The number of phosphoric acid groups is 1. The molecule has 0 aromatic rings. The fourth-order valence-electron chi connectivity index (χ4n) is 13.5. The Kier molecular flexibility index (Phi) is 62.8. The van der Waals surface area contributed by atoms with Crippen LogP contribution in [0.4, 0.5) is 0 Å². The summed E-state index contributed by atoms with van der Waals surface area (Å²) in [6.07, 6.45) is 38.9. The van der Waals surface area contributed by atoms with E-state index < -0.39 is 130 Å². The zero-order valence-electron chi connectivity index (χ0n) is 65.9. The van der Waals surface area contributed by atoms with E-state index in [-0.39, 0.29) is 25.7 Å². The molecule has 604 valence electrons. The first-order valence-corrected chi connectivity index (χ1v) is 43.6. The van der Waals surface area contributed by atoms with E-state index in [2.05, 4.69) is 52.2 Å². The molecule has 0 saturated carbocycles. The summed E-state index contributed by atoms with van der Waals surface area (Å²) in [6, 6.07) is -3.33. The minimum atomic E-state index is -5.55. The molecule has 21 nitrogen and oxygen atoms in total. The maximum atomic E-state index is 14.8. The fourth-order valence-corrected chi connectivity index (χ4v) is 14.1. The first kappa shape index (κ1) is 97.3. The molecule has 1 rings (SSSR count). The van der Waals surface area contributed by atoms with Crippen LogP contribution in [0.2, 0.25) is 0 Å². The average Bonchev–Trinajstić information content (AvgIpc) is 0.780. The number of amides is 3. The monoisotopic (exact) mass is 1490 g/mol. The number of unbranched alkanes of at least 4 members (excludes halogenated alkanes) is 42. The summed E-state index contributed by atoms with van der Waals surface area (Å²) in [5.41, 5.74) is 5.98. The van der Waals surface area contributed by atoms with Gasteiger partial charge in [-0.2, -0.15) is 0 Å². The van der Waals surface area contributed by atoms with Crippen molar-refractivity contribution in [1.82, 2.24) is 10.6 Å². The number of primary amides is 1. The van der Waals surface area contributed by atoms with Crippen molar-refractivity contribution in [3.8, 4) is 0 Å². The molecule has 1 fully saturated rings. The number of rotatable bonds is 73. The lowest BCUT2D eigenvalue weighted by molar-refractivity contribution is -0.272. The Morgan fingerprint density at radius 3 is 1.02 bits per heavy atom. The van der Waals surface area contributed by atoms with Crippen molar-refractivity contribution < 1.29 is 86.0 Å². The van der Waals surface area contributed by atoms with E-state index in [1.54, 1.807) is 0 Å². The number of aliphatic hydroxyl groups is 1. The molecule has 0 aromatic carbocycles. The first-order chi connectivity index (χ1) is 49.8. The number of hydrogen-bond acceptors (Lipinski definition) is 16. The van der Waals surface area contributed by atoms with Gasteiger partial charge in [-0.05, 0) is 57.8 Å². The second kappa shape index (κ2) is 66.5. The van der Waals surface area contributed by atoms with Gasteiger partial charge in [0.25, 0.3) is 0 Å². The van der Waals surface area contributed by atoms with Gasteiger partial charge in [-0.3, -0.25) is 38.1 Å². The number of aliphatic hydroxyl groups excluding tert-OH is 1. The predicted molar refractivity (Wildman–Crippen MR) is 408 cm³/mol. The Hall–Kier alpha value is -3.72. The number of ether oxygens (including phenoxy) is 6. The lowest BCUT2D eigenvalue weighted by atomic mass is 9.95. The zero-order valence-corrected chi connectivity index (χ0v) is 66.8. The molecule has 9 atom stereocenters. The van der Waals surface area contributed by atoms with Crippen LogP contribution in [0, 0.1) is 0 Å². The van der Waals surface area contributed by atoms with E-state index in [0.717, 1.165) is 212 Å². The summed E-state index contributed by atoms with van der Waals surface area (Å²) in [6.45, 7) is 11.3. The molecular weight excluding hydrogens is 1330 g/mol. The summed E-state index contributed by atoms with van der Waals surface area (Å²) in [4.78, 5) is 119. The molecule has 3 amide bonds. The van der Waals surface area contributed by atoms with Crippen molar-refractivity contribution in [3.05, 3.63) is 0 Å². The first-order valence-electron chi connectivity index (χ1n) is 42.1. The maximum Gasteiger partial charge on any atom is 0.470 e. The van der Waals surface area contributed by atoms with E-state index in [4.69, 9.17) is 38.7 Å². The summed E-state index contributed by atoms with van der Waals surface area (Å²) in [5.74, 6) is -4.87. The highest BCUT2D eigenvalue weighted by Gasteiger charge is 2.52. The van der Waals surface area contributed by atoms with E-state index in [9.17, 15) is 53.0 Å². The number of nitrogens with one attached hydrogen (secondary N) is 2. The number of esters is 4. The zero-order chi connectivity index (χ0) is 75.8. The quantitative estimate of drug-likeness (QED) is 0.0143. The maximum absolute atomic E-state index is 14.8. The molecule has 0 radical (unpaired) electrons. The molecule has 0 aliphatic carbocycles. The summed E-state index contributed by atoms with van der Waals surface area (Å²) in [5, 5.41) is 16.4. The van der Waals surface area contributed by atoms with Crippen LogP contribution in [0.3, 0.4) is 0 Å². The van der Waals surface area contributed by atoms with Gasteiger partial charge in [0.05, 0.1) is 32.5 Å². The van der Waals surface area contributed by atoms with Crippen LogP contribution in [-0.2, 0) is 71.1 Å². The molecule has 22 heteroatoms. The van der Waals surface area contributed by atoms with Crippen LogP contribution in [0.15, 0.2) is 0 Å². The van der Waals surface area contributed by atoms with Gasteiger partial charge in [-0.1, -0.05) is 311 Å². The van der Waals surface area contributed by atoms with Crippen molar-refractivity contribution in [2.75, 3.05) is 13.2 Å². The van der Waals surface area contributed by atoms with Gasteiger partial charge in [0.15, 0.2) is 12.4 Å². The van der Waals surface area contributed by atoms with E-state index in [1.807, 2.05) is 0 Å². The number of hydrogen-bond donors (Lipinski definition) is 6. The number of phosphoric ester groups is 1. The van der Waals surface area contributed by atoms with Crippen LogP contribution < -0.4 is 16.4 Å². The molecule has 7 N–H and O–H groups in total. The molecule has 1 saturated heterocycles. The van der Waals surface area contributed by atoms with Gasteiger partial charge < -0.3 is 59.7 Å². The van der Waals surface area contributed by atoms with Gasteiger partial charge in [0.2, 0.25) is 17.7 Å². The third kappa shape index (κ3) is 55.4. The van der Waals surface area contributed by atoms with Crippen LogP contribution in [-0.4, -0.2) is 125 Å². The van der Waals surface area contributed by atoms with Crippen LogP contribution in [0.5, 0.6) is 0 Å². The van der Waals surface area contributed by atoms with Crippen molar-refractivity contribution >= 4 is 49.4 Å². The third-order valence-electron chi connectivity index (χ3n) is 19.7. The summed E-state index contributed by atoms with van der Waals surface area (Å²) in [7, 11) is -5.55. The lowest BCUT2D eigenvalue weighted by Crippen LogP contribution is -2.67. The number of nitrogens with two attached hydrogens (primary N) is 1. The van der Waals surface area contributed by atoms with E-state index in [0.29, 0.717) is 57.8 Å². The van der Waals surface area contributed by atoms with Gasteiger partial charge in [-0.15, -0.1) is 0 Å². The smallest absolute Gasteiger partial charge is 0.462 e. The van der Waals surface area contributed by atoms with Crippen molar-refractivity contribution in [3.63, 3.8) is 0 Å². The molecule has 1 aliphatic heterocycles. The topological polar surface area (TPSA) is 312 Å². The fraction of sp³-hybridized carbons (Fsp3) is 0.914. The Balaban J connectivity index is 3.85. The Bertz CT molecular complexity index is 2170. The molecule has 1 aliphatic rings. The lowest BCUT2D eigenvalue weighted by Gasteiger charge is -2.45. The van der Waals surface area contributed by atoms with Gasteiger partial charge in [0.1, 0.15) is 42.6 Å². The minimum absolute atomic E-state index is 0.134. The number of carbonyl (C=O) groups excluding carboxylic acids is 7. The van der Waals surface area contributed by atoms with Gasteiger partial charge >= 0.3 is 31.7 Å². The van der Waals surface area contributed by atoms with Crippen LogP contribution in [0.25, 0.3) is 0 Å².